The third-order valence-electron chi connectivity index (χ3n) is 16.3. The largest absolute Gasteiger partial charge is 0.311 e. The van der Waals surface area contributed by atoms with Crippen LogP contribution in [-0.4, -0.2) is 4.57 Å². The van der Waals surface area contributed by atoms with Crippen molar-refractivity contribution in [3.8, 4) is 39.1 Å². The van der Waals surface area contributed by atoms with Crippen LogP contribution in [0.1, 0.15) is 152 Å². The Kier molecular flexibility index (Phi) is 16.1. The summed E-state index contributed by atoms with van der Waals surface area (Å²) >= 11 is 0. The van der Waals surface area contributed by atoms with E-state index < -0.39 is 0 Å². The van der Waals surface area contributed by atoms with E-state index in [0.29, 0.717) is 0 Å². The van der Waals surface area contributed by atoms with Crippen molar-refractivity contribution in [1.82, 2.24) is 4.57 Å². The van der Waals surface area contributed by atoms with Crippen molar-refractivity contribution < 1.29 is 0 Å². The lowest BCUT2D eigenvalue weighted by Gasteiger charge is -2.33. The van der Waals surface area contributed by atoms with Crippen LogP contribution in [0.25, 0.3) is 60.9 Å². The highest BCUT2D eigenvalue weighted by molar-refractivity contribution is 6.10. The van der Waals surface area contributed by atoms with Crippen molar-refractivity contribution in [2.24, 2.45) is 0 Å². The van der Waals surface area contributed by atoms with E-state index in [0.717, 1.165) is 17.1 Å². The minimum Gasteiger partial charge on any atom is -0.311 e. The molecule has 0 spiro atoms. The van der Waals surface area contributed by atoms with Gasteiger partial charge in [0.15, 0.2) is 0 Å². The molecule has 1 aliphatic carbocycles. The van der Waals surface area contributed by atoms with Gasteiger partial charge < -0.3 is 9.47 Å². The third kappa shape index (κ3) is 10.9. The summed E-state index contributed by atoms with van der Waals surface area (Å²) in [5.41, 5.74) is 20.9. The van der Waals surface area contributed by atoms with Gasteiger partial charge in [0, 0.05) is 38.9 Å². The average molecular weight is 959 g/mol. The van der Waals surface area contributed by atoms with Gasteiger partial charge in [-0.15, -0.1) is 0 Å². The lowest BCUT2D eigenvalue weighted by Crippen LogP contribution is -2.25. The molecule has 0 fully saturated rings. The highest BCUT2D eigenvalue weighted by Gasteiger charge is 2.42. The van der Waals surface area contributed by atoms with Crippen LogP contribution in [0, 0.1) is 13.8 Å². The molecular formula is C71H78N2. The Morgan fingerprint density at radius 3 is 1.38 bits per heavy atom. The number of fused-ring (bicyclic) bond motifs is 6. The second-order valence-corrected chi connectivity index (χ2v) is 21.5. The van der Waals surface area contributed by atoms with E-state index in [1.165, 1.54) is 188 Å². The fourth-order valence-electron chi connectivity index (χ4n) is 12.3. The van der Waals surface area contributed by atoms with E-state index in [9.17, 15) is 0 Å². The Balaban J connectivity index is 0.943. The second-order valence-electron chi connectivity index (χ2n) is 21.5. The Hall–Kier alpha value is -6.64. The summed E-state index contributed by atoms with van der Waals surface area (Å²) in [6, 6.07) is 68.8. The molecule has 9 aromatic rings. The molecule has 0 radical (unpaired) electrons. The highest BCUT2D eigenvalue weighted by Crippen LogP contribution is 2.55. The Morgan fingerprint density at radius 2 is 0.795 bits per heavy atom. The SMILES string of the molecule is CCCCCCCCCCC1(CCCCCCCCCC)c2cc(C)ccc2-c2ccc(-c3ccc(N(c4ccc(C)cc4)c4ccc(-c5ccc6c(c5)c5ccccc5n6-c5ccccc5)cc4)cc3)cc21. The number of hydrogen-bond donors (Lipinski definition) is 0. The van der Waals surface area contributed by atoms with Gasteiger partial charge in [0.1, 0.15) is 0 Å². The Bertz CT molecular complexity index is 3190. The summed E-state index contributed by atoms with van der Waals surface area (Å²) in [4.78, 5) is 2.41. The van der Waals surface area contributed by atoms with Gasteiger partial charge in [-0.3, -0.25) is 0 Å². The zero-order valence-corrected chi connectivity index (χ0v) is 44.4. The zero-order valence-electron chi connectivity index (χ0n) is 44.4. The maximum Gasteiger partial charge on any atom is 0.0541 e. The highest BCUT2D eigenvalue weighted by atomic mass is 15.1. The number of rotatable bonds is 24. The number of aryl methyl sites for hydroxylation is 2. The van der Waals surface area contributed by atoms with Gasteiger partial charge in [-0.05, 0) is 144 Å². The van der Waals surface area contributed by atoms with Crippen molar-refractivity contribution in [3.63, 3.8) is 0 Å². The molecule has 0 saturated heterocycles. The zero-order chi connectivity index (χ0) is 50.0. The van der Waals surface area contributed by atoms with Gasteiger partial charge in [0.25, 0.3) is 0 Å². The summed E-state index contributed by atoms with van der Waals surface area (Å²) in [6.45, 7) is 9.11. The molecule has 0 N–H and O–H groups in total. The van der Waals surface area contributed by atoms with E-state index in [1.54, 1.807) is 11.1 Å². The van der Waals surface area contributed by atoms with Gasteiger partial charge >= 0.3 is 0 Å². The molecule has 8 aromatic carbocycles. The summed E-state index contributed by atoms with van der Waals surface area (Å²) in [6.07, 6.45) is 24.2. The van der Waals surface area contributed by atoms with Gasteiger partial charge in [-0.1, -0.05) is 237 Å². The number of hydrogen-bond acceptors (Lipinski definition) is 1. The maximum atomic E-state index is 2.61. The number of nitrogens with zero attached hydrogens (tertiary/aromatic N) is 2. The lowest BCUT2D eigenvalue weighted by atomic mass is 9.70. The summed E-state index contributed by atoms with van der Waals surface area (Å²) in [5, 5.41) is 2.54. The molecule has 0 saturated carbocycles. The third-order valence-corrected chi connectivity index (χ3v) is 16.3. The molecule has 0 amide bonds. The van der Waals surface area contributed by atoms with Gasteiger partial charge in [0.2, 0.25) is 0 Å². The van der Waals surface area contributed by atoms with Crippen molar-refractivity contribution in [3.05, 3.63) is 204 Å². The van der Waals surface area contributed by atoms with Crippen LogP contribution >= 0.6 is 0 Å². The molecule has 0 bridgehead atoms. The van der Waals surface area contributed by atoms with Crippen LogP contribution in [-0.2, 0) is 5.41 Å². The predicted molar refractivity (Wildman–Crippen MR) is 316 cm³/mol. The van der Waals surface area contributed by atoms with E-state index in [-0.39, 0.29) is 5.41 Å². The number of aromatic nitrogens is 1. The molecule has 2 nitrogen and oxygen atoms in total. The lowest BCUT2D eigenvalue weighted by molar-refractivity contribution is 0.397. The van der Waals surface area contributed by atoms with Gasteiger partial charge in [-0.25, -0.2) is 0 Å². The second kappa shape index (κ2) is 23.5. The fraction of sp³-hybridized carbons (Fsp3) is 0.324. The molecule has 0 unspecified atom stereocenters. The maximum absolute atomic E-state index is 2.61. The quantitative estimate of drug-likeness (QED) is 0.0548. The molecule has 1 aromatic heterocycles. The van der Waals surface area contributed by atoms with Gasteiger partial charge in [0.05, 0.1) is 11.0 Å². The normalized spacial score (nSPS) is 12.7. The molecule has 0 atom stereocenters. The van der Waals surface area contributed by atoms with Crippen LogP contribution in [0.3, 0.4) is 0 Å². The van der Waals surface area contributed by atoms with Crippen LogP contribution in [0.2, 0.25) is 0 Å². The molecule has 10 rings (SSSR count). The first-order valence-electron chi connectivity index (χ1n) is 28.4. The average Bonchev–Trinajstić information content (AvgIpc) is 3.90. The fourth-order valence-corrected chi connectivity index (χ4v) is 12.3. The molecule has 1 heterocycles. The first-order chi connectivity index (χ1) is 36.0. The van der Waals surface area contributed by atoms with Crippen molar-refractivity contribution >= 4 is 38.9 Å². The topological polar surface area (TPSA) is 8.17 Å². The van der Waals surface area contributed by atoms with Crippen molar-refractivity contribution in [2.75, 3.05) is 4.90 Å². The number of para-hydroxylation sites is 2. The van der Waals surface area contributed by atoms with Crippen molar-refractivity contribution in [1.29, 1.82) is 0 Å². The van der Waals surface area contributed by atoms with Gasteiger partial charge in [-0.2, -0.15) is 0 Å². The first kappa shape index (κ1) is 49.9. The Morgan fingerprint density at radius 1 is 0.356 bits per heavy atom. The summed E-state index contributed by atoms with van der Waals surface area (Å²) in [5.74, 6) is 0. The van der Waals surface area contributed by atoms with E-state index in [2.05, 4.69) is 219 Å². The molecule has 372 valence electrons. The van der Waals surface area contributed by atoms with Crippen LogP contribution < -0.4 is 4.90 Å². The Labute approximate surface area is 438 Å². The molecule has 2 heteroatoms. The van der Waals surface area contributed by atoms with Crippen LogP contribution in [0.15, 0.2) is 182 Å². The molecule has 73 heavy (non-hydrogen) atoms. The minimum absolute atomic E-state index is 0.0538. The van der Waals surface area contributed by atoms with E-state index in [4.69, 9.17) is 0 Å². The molecule has 0 aliphatic heterocycles. The smallest absolute Gasteiger partial charge is 0.0541 e. The number of benzene rings is 8. The molecular weight excluding hydrogens is 881 g/mol. The summed E-state index contributed by atoms with van der Waals surface area (Å²) in [7, 11) is 0. The van der Waals surface area contributed by atoms with Crippen LogP contribution in [0.4, 0.5) is 17.1 Å². The van der Waals surface area contributed by atoms with E-state index >= 15 is 0 Å². The molecule has 1 aliphatic rings. The standard InChI is InChI=1S/C71H78N2/c1-5-7-9-11-13-15-17-24-48-71(49-25-18-16-14-12-10-8-6-2)67-50-54(4)32-45-63(67)64-46-37-58(52-68(64)71)56-35-43-62(44-36-56)72(60-39-30-53(3)31-40-60)61-41-33-55(34-42-61)57-38-47-70-66(51-57)65-28-22-23-29-69(65)73(70)59-26-20-19-21-27-59/h19-23,26-47,50-52H,5-18,24-25,48-49H2,1-4H3. The summed E-state index contributed by atoms with van der Waals surface area (Å²) < 4.78 is 2.39. The number of unbranched alkanes of at least 4 members (excludes halogenated alkanes) is 14. The predicted octanol–water partition coefficient (Wildman–Crippen LogP) is 21.5. The number of anilines is 3. The minimum atomic E-state index is 0.0538. The van der Waals surface area contributed by atoms with E-state index in [1.807, 2.05) is 0 Å². The van der Waals surface area contributed by atoms with Crippen LogP contribution in [0.5, 0.6) is 0 Å². The monoisotopic (exact) mass is 959 g/mol. The van der Waals surface area contributed by atoms with Crippen molar-refractivity contribution in [2.45, 2.75) is 149 Å². The first-order valence-corrected chi connectivity index (χ1v) is 28.4.